The quantitative estimate of drug-likeness (QED) is 0.543. The van der Waals surface area contributed by atoms with Gasteiger partial charge in [0.15, 0.2) is 0 Å². The highest BCUT2D eigenvalue weighted by atomic mass is 32.2. The Bertz CT molecular complexity index is 492. The van der Waals surface area contributed by atoms with Gasteiger partial charge in [0.25, 0.3) is 0 Å². The Morgan fingerprint density at radius 1 is 1.05 bits per heavy atom. The summed E-state index contributed by atoms with van der Waals surface area (Å²) in [5.74, 6) is 0. The minimum Gasteiger partial charge on any atom is -0.399 e. The van der Waals surface area contributed by atoms with Gasteiger partial charge in [-0.25, -0.2) is 13.1 Å². The van der Waals surface area contributed by atoms with Crippen molar-refractivity contribution in [2.75, 3.05) is 12.3 Å². The Kier molecular flexibility index (Phi) is 7.02. The first kappa shape index (κ1) is 17.0. The summed E-state index contributed by atoms with van der Waals surface area (Å²) < 4.78 is 26.8. The molecule has 0 aliphatic rings. The SMILES string of the molecule is CCCCCCCCNS(=O)(=O)c1cc(C)cc(N)c1. The number of unbranched alkanes of at least 4 members (excludes halogenated alkanes) is 5. The van der Waals surface area contributed by atoms with Gasteiger partial charge in [-0.15, -0.1) is 0 Å². The van der Waals surface area contributed by atoms with E-state index in [1.807, 2.05) is 6.92 Å². The van der Waals surface area contributed by atoms with Gasteiger partial charge in [0.05, 0.1) is 4.90 Å². The lowest BCUT2D eigenvalue weighted by Crippen LogP contribution is -2.25. The third kappa shape index (κ3) is 5.92. The Balaban J connectivity index is 2.42. The second kappa shape index (κ2) is 8.27. The number of nitrogen functional groups attached to an aromatic ring is 1. The predicted molar refractivity (Wildman–Crippen MR) is 84.2 cm³/mol. The first-order chi connectivity index (χ1) is 9.45. The highest BCUT2D eigenvalue weighted by molar-refractivity contribution is 7.89. The third-order valence-corrected chi connectivity index (χ3v) is 4.65. The fourth-order valence-corrected chi connectivity index (χ4v) is 3.34. The highest BCUT2D eigenvalue weighted by Gasteiger charge is 2.13. The molecule has 5 heteroatoms. The Labute approximate surface area is 122 Å². The molecule has 0 atom stereocenters. The Morgan fingerprint density at radius 2 is 1.70 bits per heavy atom. The minimum atomic E-state index is -3.43. The average Bonchev–Trinajstić information content (AvgIpc) is 2.36. The zero-order chi connectivity index (χ0) is 15.0. The van der Waals surface area contributed by atoms with Crippen LogP contribution in [0.1, 0.15) is 51.0 Å². The lowest BCUT2D eigenvalue weighted by atomic mass is 10.1. The van der Waals surface area contributed by atoms with Gasteiger partial charge >= 0.3 is 0 Å². The molecule has 1 aromatic rings. The number of aryl methyl sites for hydroxylation is 1. The molecule has 0 aromatic heterocycles. The molecule has 0 aliphatic heterocycles. The molecule has 0 amide bonds. The summed E-state index contributed by atoms with van der Waals surface area (Å²) in [5, 5.41) is 0. The molecule has 114 valence electrons. The van der Waals surface area contributed by atoms with Gasteiger partial charge in [-0.3, -0.25) is 0 Å². The largest absolute Gasteiger partial charge is 0.399 e. The Hall–Kier alpha value is -1.07. The summed E-state index contributed by atoms with van der Waals surface area (Å²) in [6.45, 7) is 4.51. The molecular weight excluding hydrogens is 272 g/mol. The fraction of sp³-hybridized carbons (Fsp3) is 0.600. The van der Waals surface area contributed by atoms with Gasteiger partial charge in [0.2, 0.25) is 10.0 Å². The van der Waals surface area contributed by atoms with E-state index >= 15 is 0 Å². The van der Waals surface area contributed by atoms with Crippen LogP contribution in [0.3, 0.4) is 0 Å². The van der Waals surface area contributed by atoms with Crippen molar-refractivity contribution in [2.24, 2.45) is 0 Å². The molecule has 0 aliphatic carbocycles. The highest BCUT2D eigenvalue weighted by Crippen LogP contribution is 2.16. The first-order valence-electron chi connectivity index (χ1n) is 7.32. The topological polar surface area (TPSA) is 72.2 Å². The number of rotatable bonds is 9. The van der Waals surface area contributed by atoms with Gasteiger partial charge in [0.1, 0.15) is 0 Å². The molecule has 0 saturated heterocycles. The second-order valence-electron chi connectivity index (χ2n) is 5.24. The average molecular weight is 298 g/mol. The molecular formula is C15H26N2O2S. The van der Waals surface area contributed by atoms with E-state index in [0.717, 1.165) is 18.4 Å². The molecule has 1 aromatic carbocycles. The standard InChI is InChI=1S/C15H26N2O2S/c1-3-4-5-6-7-8-9-17-20(18,19)15-11-13(2)10-14(16)12-15/h10-12,17H,3-9,16H2,1-2H3. The van der Waals surface area contributed by atoms with E-state index in [2.05, 4.69) is 11.6 Å². The monoisotopic (exact) mass is 298 g/mol. The van der Waals surface area contributed by atoms with Crippen molar-refractivity contribution >= 4 is 15.7 Å². The zero-order valence-electron chi connectivity index (χ0n) is 12.5. The van der Waals surface area contributed by atoms with E-state index in [1.165, 1.54) is 31.7 Å². The maximum atomic E-state index is 12.1. The van der Waals surface area contributed by atoms with E-state index in [9.17, 15) is 8.42 Å². The summed E-state index contributed by atoms with van der Waals surface area (Å²) in [7, 11) is -3.43. The van der Waals surface area contributed by atoms with E-state index in [0.29, 0.717) is 12.2 Å². The zero-order valence-corrected chi connectivity index (χ0v) is 13.3. The van der Waals surface area contributed by atoms with Crippen LogP contribution in [-0.4, -0.2) is 15.0 Å². The summed E-state index contributed by atoms with van der Waals surface area (Å²) in [6.07, 6.45) is 6.84. The number of sulfonamides is 1. The minimum absolute atomic E-state index is 0.251. The third-order valence-electron chi connectivity index (χ3n) is 3.21. The van der Waals surface area contributed by atoms with Crippen LogP contribution in [0.5, 0.6) is 0 Å². The molecule has 0 spiro atoms. The van der Waals surface area contributed by atoms with E-state index in [-0.39, 0.29) is 4.90 Å². The van der Waals surface area contributed by atoms with Crippen LogP contribution in [0, 0.1) is 6.92 Å². The van der Waals surface area contributed by atoms with Crippen LogP contribution in [0.4, 0.5) is 5.69 Å². The van der Waals surface area contributed by atoms with Crippen molar-refractivity contribution in [3.8, 4) is 0 Å². The first-order valence-corrected chi connectivity index (χ1v) is 8.81. The van der Waals surface area contributed by atoms with Crippen molar-refractivity contribution in [3.05, 3.63) is 23.8 Å². The van der Waals surface area contributed by atoms with Crippen molar-refractivity contribution in [3.63, 3.8) is 0 Å². The molecule has 0 radical (unpaired) electrons. The molecule has 0 saturated carbocycles. The molecule has 0 unspecified atom stereocenters. The van der Waals surface area contributed by atoms with Gasteiger partial charge in [-0.1, -0.05) is 39.0 Å². The second-order valence-corrected chi connectivity index (χ2v) is 7.01. The maximum absolute atomic E-state index is 12.1. The lowest BCUT2D eigenvalue weighted by molar-refractivity contribution is 0.567. The van der Waals surface area contributed by atoms with Crippen LogP contribution < -0.4 is 10.5 Å². The summed E-state index contributed by atoms with van der Waals surface area (Å²) in [4.78, 5) is 0.251. The predicted octanol–water partition coefficient (Wildman–Crippen LogP) is 3.22. The number of hydrogen-bond acceptors (Lipinski definition) is 3. The molecule has 0 bridgehead atoms. The van der Waals surface area contributed by atoms with Crippen molar-refractivity contribution in [1.29, 1.82) is 0 Å². The fourth-order valence-electron chi connectivity index (χ4n) is 2.13. The van der Waals surface area contributed by atoms with Gasteiger partial charge in [-0.2, -0.15) is 0 Å². The molecule has 4 nitrogen and oxygen atoms in total. The number of anilines is 1. The van der Waals surface area contributed by atoms with E-state index in [4.69, 9.17) is 5.73 Å². The van der Waals surface area contributed by atoms with Gasteiger partial charge < -0.3 is 5.73 Å². The number of nitrogens with two attached hydrogens (primary N) is 1. The van der Waals surface area contributed by atoms with Crippen LogP contribution in [0.25, 0.3) is 0 Å². The van der Waals surface area contributed by atoms with Gasteiger partial charge in [-0.05, 0) is 37.1 Å². The van der Waals surface area contributed by atoms with E-state index in [1.54, 1.807) is 12.1 Å². The molecule has 20 heavy (non-hydrogen) atoms. The summed E-state index contributed by atoms with van der Waals surface area (Å²) in [5.41, 5.74) is 7.02. The summed E-state index contributed by atoms with van der Waals surface area (Å²) >= 11 is 0. The molecule has 0 fully saturated rings. The van der Waals surface area contributed by atoms with Crippen molar-refractivity contribution in [1.82, 2.24) is 4.72 Å². The smallest absolute Gasteiger partial charge is 0.240 e. The van der Waals surface area contributed by atoms with Crippen LogP contribution in [0.15, 0.2) is 23.1 Å². The van der Waals surface area contributed by atoms with Crippen molar-refractivity contribution < 1.29 is 8.42 Å². The van der Waals surface area contributed by atoms with E-state index < -0.39 is 10.0 Å². The number of nitrogens with one attached hydrogen (secondary N) is 1. The molecule has 3 N–H and O–H groups in total. The number of benzene rings is 1. The molecule has 0 heterocycles. The van der Waals surface area contributed by atoms with Crippen LogP contribution >= 0.6 is 0 Å². The Morgan fingerprint density at radius 3 is 2.35 bits per heavy atom. The number of hydrogen-bond donors (Lipinski definition) is 2. The van der Waals surface area contributed by atoms with Gasteiger partial charge in [0, 0.05) is 12.2 Å². The lowest BCUT2D eigenvalue weighted by Gasteiger charge is -2.08. The normalized spacial score (nSPS) is 11.7. The van der Waals surface area contributed by atoms with Crippen LogP contribution in [0.2, 0.25) is 0 Å². The maximum Gasteiger partial charge on any atom is 0.240 e. The van der Waals surface area contributed by atoms with Crippen LogP contribution in [-0.2, 0) is 10.0 Å². The van der Waals surface area contributed by atoms with Crippen molar-refractivity contribution in [2.45, 2.75) is 57.3 Å². The molecule has 1 rings (SSSR count). The summed E-state index contributed by atoms with van der Waals surface area (Å²) in [6, 6.07) is 4.89.